The molecule has 2 heterocycles. The summed E-state index contributed by atoms with van der Waals surface area (Å²) in [6.45, 7) is 8.92. The van der Waals surface area contributed by atoms with Gasteiger partial charge in [-0.15, -0.1) is 0 Å². The summed E-state index contributed by atoms with van der Waals surface area (Å²) in [5, 5.41) is 3.29. The Bertz CT molecular complexity index is 392. The van der Waals surface area contributed by atoms with E-state index >= 15 is 0 Å². The first-order valence-electron chi connectivity index (χ1n) is 8.23. The number of pyridine rings is 1. The minimum atomic E-state index is 0.929. The normalized spacial score (nSPS) is 20.6. The molecule has 0 saturated carbocycles. The van der Waals surface area contributed by atoms with Crippen LogP contribution in [0.3, 0.4) is 0 Å². The van der Waals surface area contributed by atoms with Crippen molar-refractivity contribution in [1.82, 2.24) is 9.88 Å². The smallest absolute Gasteiger partial charge is 0.126 e. The summed E-state index contributed by atoms with van der Waals surface area (Å²) in [5.41, 5.74) is 1.38. The van der Waals surface area contributed by atoms with Gasteiger partial charge < -0.3 is 5.32 Å². The maximum atomic E-state index is 4.35. The van der Waals surface area contributed by atoms with Crippen LogP contribution in [0.1, 0.15) is 51.5 Å². The summed E-state index contributed by atoms with van der Waals surface area (Å²) in [4.78, 5) is 6.96. The molecule has 0 radical (unpaired) electrons. The molecule has 1 aromatic heterocycles. The summed E-state index contributed by atoms with van der Waals surface area (Å²) < 4.78 is 0. The van der Waals surface area contributed by atoms with Crippen molar-refractivity contribution >= 4 is 5.82 Å². The molecule has 0 aromatic carbocycles. The van der Waals surface area contributed by atoms with Crippen molar-refractivity contribution < 1.29 is 0 Å². The highest BCUT2D eigenvalue weighted by Gasteiger charge is 2.16. The maximum absolute atomic E-state index is 4.35. The third-order valence-electron chi connectivity index (χ3n) is 4.23. The second kappa shape index (κ2) is 8.25. The molecule has 1 aromatic rings. The van der Waals surface area contributed by atoms with Gasteiger partial charge in [0.2, 0.25) is 0 Å². The average molecular weight is 275 g/mol. The quantitative estimate of drug-likeness (QED) is 0.853. The first kappa shape index (κ1) is 15.3. The van der Waals surface area contributed by atoms with Crippen LogP contribution in [0.2, 0.25) is 0 Å². The number of anilines is 1. The standard InChI is InChI=1S/C17H29N3/c1-3-6-15-7-5-11-20(12-9-15)14-16-8-10-19-17(13-16)18-4-2/h8,10,13,15H,3-7,9,11-12,14H2,1-2H3,(H,18,19). The molecule has 0 bridgehead atoms. The highest BCUT2D eigenvalue weighted by molar-refractivity contribution is 5.37. The predicted octanol–water partition coefficient (Wildman–Crippen LogP) is 3.92. The van der Waals surface area contributed by atoms with Gasteiger partial charge in [0.25, 0.3) is 0 Å². The SMILES string of the molecule is CCCC1CCCN(Cc2ccnc(NCC)c2)CC1. The Kier molecular flexibility index (Phi) is 6.31. The third kappa shape index (κ3) is 4.78. The van der Waals surface area contributed by atoms with E-state index in [1.807, 2.05) is 6.20 Å². The molecule has 3 heteroatoms. The van der Waals surface area contributed by atoms with Crippen LogP contribution in [-0.2, 0) is 6.54 Å². The number of nitrogens with zero attached hydrogens (tertiary/aromatic N) is 2. The maximum Gasteiger partial charge on any atom is 0.126 e. The highest BCUT2D eigenvalue weighted by atomic mass is 15.1. The van der Waals surface area contributed by atoms with E-state index in [2.05, 4.69) is 41.2 Å². The molecule has 0 aliphatic carbocycles. The number of likely N-dealkylation sites (tertiary alicyclic amines) is 1. The number of rotatable bonds is 6. The lowest BCUT2D eigenvalue weighted by Crippen LogP contribution is -2.24. The Morgan fingerprint density at radius 3 is 3.00 bits per heavy atom. The molecule has 112 valence electrons. The van der Waals surface area contributed by atoms with Crippen LogP contribution in [-0.4, -0.2) is 29.5 Å². The van der Waals surface area contributed by atoms with Crippen LogP contribution in [0, 0.1) is 5.92 Å². The first-order valence-corrected chi connectivity index (χ1v) is 8.23. The topological polar surface area (TPSA) is 28.2 Å². The molecule has 1 aliphatic heterocycles. The molecule has 1 unspecified atom stereocenters. The average Bonchev–Trinajstić information content (AvgIpc) is 2.66. The van der Waals surface area contributed by atoms with Crippen LogP contribution < -0.4 is 5.32 Å². The minimum absolute atomic E-state index is 0.929. The van der Waals surface area contributed by atoms with E-state index in [1.54, 1.807) is 0 Å². The molecule has 1 N–H and O–H groups in total. The summed E-state index contributed by atoms with van der Waals surface area (Å²) in [6.07, 6.45) is 8.82. The Morgan fingerprint density at radius 2 is 2.20 bits per heavy atom. The monoisotopic (exact) mass is 275 g/mol. The summed E-state index contributed by atoms with van der Waals surface area (Å²) in [5.74, 6) is 1.96. The van der Waals surface area contributed by atoms with E-state index in [9.17, 15) is 0 Å². The lowest BCUT2D eigenvalue weighted by Gasteiger charge is -2.20. The number of hydrogen-bond donors (Lipinski definition) is 1. The molecular formula is C17H29N3. The van der Waals surface area contributed by atoms with Gasteiger partial charge in [0, 0.05) is 19.3 Å². The van der Waals surface area contributed by atoms with Gasteiger partial charge in [0.1, 0.15) is 5.82 Å². The number of hydrogen-bond acceptors (Lipinski definition) is 3. The predicted molar refractivity (Wildman–Crippen MR) is 85.9 cm³/mol. The fourth-order valence-corrected chi connectivity index (χ4v) is 3.19. The summed E-state index contributed by atoms with van der Waals surface area (Å²) in [6, 6.07) is 4.34. The van der Waals surface area contributed by atoms with Crippen LogP contribution >= 0.6 is 0 Å². The van der Waals surface area contributed by atoms with Crippen molar-refractivity contribution in [2.75, 3.05) is 25.0 Å². The molecule has 20 heavy (non-hydrogen) atoms. The minimum Gasteiger partial charge on any atom is -0.370 e. The number of aromatic nitrogens is 1. The van der Waals surface area contributed by atoms with Crippen molar-refractivity contribution in [3.63, 3.8) is 0 Å². The molecule has 0 amide bonds. The molecule has 2 rings (SSSR count). The van der Waals surface area contributed by atoms with E-state index in [-0.39, 0.29) is 0 Å². The van der Waals surface area contributed by atoms with Crippen LogP contribution in [0.25, 0.3) is 0 Å². The Balaban J connectivity index is 1.88. The second-order valence-electron chi connectivity index (χ2n) is 5.94. The Labute approximate surface area is 123 Å². The van der Waals surface area contributed by atoms with E-state index in [4.69, 9.17) is 0 Å². The van der Waals surface area contributed by atoms with Gasteiger partial charge in [-0.3, -0.25) is 4.90 Å². The van der Waals surface area contributed by atoms with Gasteiger partial charge in [0.15, 0.2) is 0 Å². The van der Waals surface area contributed by atoms with Gasteiger partial charge in [-0.05, 0) is 62.9 Å². The van der Waals surface area contributed by atoms with Crippen molar-refractivity contribution in [1.29, 1.82) is 0 Å². The van der Waals surface area contributed by atoms with Crippen LogP contribution in [0.15, 0.2) is 18.3 Å². The van der Waals surface area contributed by atoms with Crippen molar-refractivity contribution in [3.05, 3.63) is 23.9 Å². The Hall–Kier alpha value is -1.09. The zero-order chi connectivity index (χ0) is 14.2. The highest BCUT2D eigenvalue weighted by Crippen LogP contribution is 2.23. The zero-order valence-electron chi connectivity index (χ0n) is 13.1. The third-order valence-corrected chi connectivity index (χ3v) is 4.23. The molecule has 1 atom stereocenters. The molecule has 0 spiro atoms. The van der Waals surface area contributed by atoms with Crippen LogP contribution in [0.4, 0.5) is 5.82 Å². The number of nitrogens with one attached hydrogen (secondary N) is 1. The zero-order valence-corrected chi connectivity index (χ0v) is 13.1. The van der Waals surface area contributed by atoms with Crippen molar-refractivity contribution in [2.45, 2.75) is 52.5 Å². The molecular weight excluding hydrogens is 246 g/mol. The van der Waals surface area contributed by atoms with E-state index in [1.165, 1.54) is 50.8 Å². The van der Waals surface area contributed by atoms with Crippen LogP contribution in [0.5, 0.6) is 0 Å². The molecule has 3 nitrogen and oxygen atoms in total. The van der Waals surface area contributed by atoms with Gasteiger partial charge in [-0.2, -0.15) is 0 Å². The fraction of sp³-hybridized carbons (Fsp3) is 0.706. The molecule has 1 fully saturated rings. The lowest BCUT2D eigenvalue weighted by atomic mass is 9.96. The summed E-state index contributed by atoms with van der Waals surface area (Å²) >= 11 is 0. The molecule has 1 saturated heterocycles. The summed E-state index contributed by atoms with van der Waals surface area (Å²) in [7, 11) is 0. The van der Waals surface area contributed by atoms with Gasteiger partial charge in [-0.25, -0.2) is 4.98 Å². The van der Waals surface area contributed by atoms with Crippen molar-refractivity contribution in [3.8, 4) is 0 Å². The van der Waals surface area contributed by atoms with Gasteiger partial charge in [-0.1, -0.05) is 19.8 Å². The van der Waals surface area contributed by atoms with E-state index in [0.717, 1.165) is 24.8 Å². The lowest BCUT2D eigenvalue weighted by molar-refractivity contribution is 0.271. The van der Waals surface area contributed by atoms with Gasteiger partial charge in [0.05, 0.1) is 0 Å². The first-order chi connectivity index (χ1) is 9.81. The van der Waals surface area contributed by atoms with E-state index < -0.39 is 0 Å². The second-order valence-corrected chi connectivity index (χ2v) is 5.94. The van der Waals surface area contributed by atoms with E-state index in [0.29, 0.717) is 0 Å². The van der Waals surface area contributed by atoms with Gasteiger partial charge >= 0.3 is 0 Å². The largest absolute Gasteiger partial charge is 0.370 e. The van der Waals surface area contributed by atoms with Crippen molar-refractivity contribution in [2.24, 2.45) is 5.92 Å². The molecule has 1 aliphatic rings. The Morgan fingerprint density at radius 1 is 1.30 bits per heavy atom. The fourth-order valence-electron chi connectivity index (χ4n) is 3.19.